The van der Waals surface area contributed by atoms with E-state index in [1.54, 1.807) is 23.1 Å². The van der Waals surface area contributed by atoms with Crippen molar-refractivity contribution in [3.63, 3.8) is 0 Å². The van der Waals surface area contributed by atoms with Gasteiger partial charge in [-0.05, 0) is 31.2 Å². The molecule has 1 N–H and O–H groups in total. The minimum absolute atomic E-state index is 0.0913. The zero-order valence-corrected chi connectivity index (χ0v) is 10.4. The van der Waals surface area contributed by atoms with Crippen LogP contribution in [0.25, 0.3) is 0 Å². The van der Waals surface area contributed by atoms with E-state index in [4.69, 9.17) is 0 Å². The number of nitrogens with zero attached hydrogens (tertiary/aromatic N) is 2. The Morgan fingerprint density at radius 1 is 1.42 bits per heavy atom. The molecule has 0 fully saturated rings. The maximum atomic E-state index is 13.3. The van der Waals surface area contributed by atoms with Crippen LogP contribution in [-0.4, -0.2) is 22.6 Å². The number of rotatable bonds is 4. The Bertz CT molecular complexity index is 602. The number of benzene rings is 1. The fourth-order valence-electron chi connectivity index (χ4n) is 1.92. The smallest absolute Gasteiger partial charge is 0.339 e. The summed E-state index contributed by atoms with van der Waals surface area (Å²) in [6.45, 7) is 2.39. The van der Waals surface area contributed by atoms with Crippen molar-refractivity contribution in [2.75, 3.05) is 11.4 Å². The van der Waals surface area contributed by atoms with E-state index in [0.717, 1.165) is 0 Å². The summed E-state index contributed by atoms with van der Waals surface area (Å²) in [6.07, 6.45) is 2.81. The second-order valence-electron chi connectivity index (χ2n) is 3.92. The molecule has 1 heterocycles. The average molecular weight is 260 g/mol. The van der Waals surface area contributed by atoms with Gasteiger partial charge in [0.05, 0.1) is 5.69 Å². The molecule has 4 nitrogen and oxygen atoms in total. The van der Waals surface area contributed by atoms with E-state index >= 15 is 0 Å². The molecule has 0 atom stereocenters. The van der Waals surface area contributed by atoms with Gasteiger partial charge in [0.1, 0.15) is 11.4 Å². The van der Waals surface area contributed by atoms with Gasteiger partial charge >= 0.3 is 5.97 Å². The van der Waals surface area contributed by atoms with Gasteiger partial charge in [-0.15, -0.1) is 0 Å². The molecular formula is C14H13FN2O2. The van der Waals surface area contributed by atoms with E-state index in [2.05, 4.69) is 4.98 Å². The molecule has 19 heavy (non-hydrogen) atoms. The maximum Gasteiger partial charge on any atom is 0.339 e. The number of carbonyl (C=O) groups is 1. The molecule has 1 aromatic heterocycles. The highest BCUT2D eigenvalue weighted by molar-refractivity contribution is 5.95. The van der Waals surface area contributed by atoms with Crippen LogP contribution in [0.5, 0.6) is 0 Å². The van der Waals surface area contributed by atoms with E-state index in [1.807, 2.05) is 6.92 Å². The quantitative estimate of drug-likeness (QED) is 0.917. The van der Waals surface area contributed by atoms with Gasteiger partial charge in [-0.2, -0.15) is 0 Å². The first kappa shape index (κ1) is 13.0. The molecule has 0 aliphatic heterocycles. The van der Waals surface area contributed by atoms with Crippen LogP contribution in [0.2, 0.25) is 0 Å². The molecule has 0 radical (unpaired) electrons. The van der Waals surface area contributed by atoms with Gasteiger partial charge in [0.25, 0.3) is 0 Å². The summed E-state index contributed by atoms with van der Waals surface area (Å²) >= 11 is 0. The van der Waals surface area contributed by atoms with Gasteiger partial charge < -0.3 is 10.0 Å². The van der Waals surface area contributed by atoms with E-state index in [1.165, 1.54) is 24.5 Å². The van der Waals surface area contributed by atoms with Crippen molar-refractivity contribution in [3.8, 4) is 0 Å². The fourth-order valence-corrected chi connectivity index (χ4v) is 1.92. The van der Waals surface area contributed by atoms with Crippen LogP contribution in [0, 0.1) is 5.82 Å². The van der Waals surface area contributed by atoms with Gasteiger partial charge in [-0.3, -0.25) is 4.98 Å². The van der Waals surface area contributed by atoms with Crippen molar-refractivity contribution < 1.29 is 14.3 Å². The Labute approximate surface area is 110 Å². The number of halogens is 1. The SMILES string of the molecule is CCN(c1cccc(F)c1)c1ccncc1C(=O)O. The number of carboxylic acids is 1. The standard InChI is InChI=1S/C14H13FN2O2/c1-2-17(11-5-3-4-10(15)8-11)13-6-7-16-9-12(13)14(18)19/h3-9H,2H2,1H3,(H,18,19). The third kappa shape index (κ3) is 2.70. The minimum atomic E-state index is -1.06. The summed E-state index contributed by atoms with van der Waals surface area (Å²) in [5.74, 6) is -1.42. The number of anilines is 2. The average Bonchev–Trinajstić information content (AvgIpc) is 2.40. The number of hydrogen-bond acceptors (Lipinski definition) is 3. The van der Waals surface area contributed by atoms with Gasteiger partial charge in [0.15, 0.2) is 0 Å². The highest BCUT2D eigenvalue weighted by Crippen LogP contribution is 2.28. The Morgan fingerprint density at radius 3 is 2.84 bits per heavy atom. The van der Waals surface area contributed by atoms with E-state index in [9.17, 15) is 14.3 Å². The first-order valence-corrected chi connectivity index (χ1v) is 5.84. The van der Waals surface area contributed by atoms with Crippen LogP contribution < -0.4 is 4.90 Å². The van der Waals surface area contributed by atoms with Crippen LogP contribution in [0.15, 0.2) is 42.7 Å². The molecule has 1 aromatic carbocycles. The molecule has 5 heteroatoms. The Kier molecular flexibility index (Phi) is 3.75. The minimum Gasteiger partial charge on any atom is -0.478 e. The van der Waals surface area contributed by atoms with Crippen molar-refractivity contribution in [1.29, 1.82) is 0 Å². The summed E-state index contributed by atoms with van der Waals surface area (Å²) in [5.41, 5.74) is 1.19. The van der Waals surface area contributed by atoms with Crippen molar-refractivity contribution in [1.82, 2.24) is 4.98 Å². The summed E-state index contributed by atoms with van der Waals surface area (Å²) < 4.78 is 13.3. The van der Waals surface area contributed by atoms with Crippen molar-refractivity contribution in [2.24, 2.45) is 0 Å². The zero-order chi connectivity index (χ0) is 13.8. The fraction of sp³-hybridized carbons (Fsp3) is 0.143. The Balaban J connectivity index is 2.51. The normalized spacial score (nSPS) is 10.2. The summed E-state index contributed by atoms with van der Waals surface area (Å²) in [6, 6.07) is 7.66. The van der Waals surface area contributed by atoms with Gasteiger partial charge in [0.2, 0.25) is 0 Å². The summed E-state index contributed by atoms with van der Waals surface area (Å²) in [7, 11) is 0. The summed E-state index contributed by atoms with van der Waals surface area (Å²) in [4.78, 5) is 16.7. The van der Waals surface area contributed by atoms with E-state index in [0.29, 0.717) is 17.9 Å². The second-order valence-corrected chi connectivity index (χ2v) is 3.92. The van der Waals surface area contributed by atoms with Crippen LogP contribution in [-0.2, 0) is 0 Å². The molecule has 0 unspecified atom stereocenters. The van der Waals surface area contributed by atoms with Crippen molar-refractivity contribution in [2.45, 2.75) is 6.92 Å². The van der Waals surface area contributed by atoms with Crippen LogP contribution in [0.4, 0.5) is 15.8 Å². The molecule has 0 bridgehead atoms. The number of carboxylic acid groups (broad SMARTS) is 1. The van der Waals surface area contributed by atoms with Gasteiger partial charge in [-0.25, -0.2) is 9.18 Å². The molecule has 0 aliphatic carbocycles. The first-order valence-electron chi connectivity index (χ1n) is 5.84. The molecular weight excluding hydrogens is 247 g/mol. The predicted octanol–water partition coefficient (Wildman–Crippen LogP) is 3.08. The Morgan fingerprint density at radius 2 is 2.21 bits per heavy atom. The topological polar surface area (TPSA) is 53.4 Å². The molecule has 98 valence electrons. The lowest BCUT2D eigenvalue weighted by Gasteiger charge is -2.24. The van der Waals surface area contributed by atoms with Crippen LogP contribution >= 0.6 is 0 Å². The lowest BCUT2D eigenvalue weighted by Crippen LogP contribution is -2.19. The third-order valence-electron chi connectivity index (χ3n) is 2.76. The first-order chi connectivity index (χ1) is 9.13. The second kappa shape index (κ2) is 5.48. The third-order valence-corrected chi connectivity index (χ3v) is 2.76. The van der Waals surface area contributed by atoms with E-state index < -0.39 is 5.97 Å². The van der Waals surface area contributed by atoms with Crippen molar-refractivity contribution in [3.05, 3.63) is 54.1 Å². The number of aromatic carboxylic acids is 1. The molecule has 2 rings (SSSR count). The molecule has 2 aromatic rings. The van der Waals surface area contributed by atoms with Crippen LogP contribution in [0.3, 0.4) is 0 Å². The lowest BCUT2D eigenvalue weighted by molar-refractivity contribution is 0.0697. The number of aromatic nitrogens is 1. The highest BCUT2D eigenvalue weighted by Gasteiger charge is 2.16. The predicted molar refractivity (Wildman–Crippen MR) is 70.3 cm³/mol. The Hall–Kier alpha value is -2.43. The number of pyridine rings is 1. The van der Waals surface area contributed by atoms with Crippen molar-refractivity contribution >= 4 is 17.3 Å². The molecule has 0 saturated carbocycles. The van der Waals surface area contributed by atoms with E-state index in [-0.39, 0.29) is 11.4 Å². The number of hydrogen-bond donors (Lipinski definition) is 1. The van der Waals surface area contributed by atoms with Gasteiger partial charge in [-0.1, -0.05) is 6.07 Å². The summed E-state index contributed by atoms with van der Waals surface area (Å²) in [5, 5.41) is 9.17. The zero-order valence-electron chi connectivity index (χ0n) is 10.4. The maximum absolute atomic E-state index is 13.3. The van der Waals surface area contributed by atoms with Gasteiger partial charge in [0, 0.05) is 24.6 Å². The monoisotopic (exact) mass is 260 g/mol. The molecule has 0 aliphatic rings. The lowest BCUT2D eigenvalue weighted by atomic mass is 10.2. The molecule has 0 amide bonds. The molecule has 0 spiro atoms. The molecule has 0 saturated heterocycles. The van der Waals surface area contributed by atoms with Crippen LogP contribution in [0.1, 0.15) is 17.3 Å². The largest absolute Gasteiger partial charge is 0.478 e. The highest BCUT2D eigenvalue weighted by atomic mass is 19.1.